The van der Waals surface area contributed by atoms with Gasteiger partial charge in [0.1, 0.15) is 6.33 Å². The van der Waals surface area contributed by atoms with Gasteiger partial charge in [-0.25, -0.2) is 9.97 Å². The second kappa shape index (κ2) is 3.58. The smallest absolute Gasteiger partial charge is 0.116 e. The second-order valence-corrected chi connectivity index (χ2v) is 3.37. The summed E-state index contributed by atoms with van der Waals surface area (Å²) in [6.45, 7) is 4.12. The lowest BCUT2D eigenvalue weighted by molar-refractivity contribution is 1.13. The monoisotopic (exact) mass is 184 g/mol. The van der Waals surface area contributed by atoms with Gasteiger partial charge < -0.3 is 0 Å². The first-order valence-electron chi connectivity index (χ1n) is 4.61. The predicted molar refractivity (Wildman–Crippen MR) is 56.9 cm³/mol. The van der Waals surface area contributed by atoms with Crippen LogP contribution in [0.1, 0.15) is 11.1 Å². The molecule has 2 aromatic rings. The van der Waals surface area contributed by atoms with Gasteiger partial charge in [0.25, 0.3) is 0 Å². The Morgan fingerprint density at radius 2 is 1.79 bits per heavy atom. The van der Waals surface area contributed by atoms with Crippen LogP contribution in [0.15, 0.2) is 36.8 Å². The quantitative estimate of drug-likeness (QED) is 0.681. The van der Waals surface area contributed by atoms with Crippen molar-refractivity contribution in [2.45, 2.75) is 13.8 Å². The van der Waals surface area contributed by atoms with Crippen LogP contribution in [-0.4, -0.2) is 9.97 Å². The van der Waals surface area contributed by atoms with E-state index in [1.807, 2.05) is 25.3 Å². The molecule has 0 spiro atoms. The Morgan fingerprint density at radius 1 is 1.00 bits per heavy atom. The largest absolute Gasteiger partial charge is 0.245 e. The van der Waals surface area contributed by atoms with Gasteiger partial charge in [-0.1, -0.05) is 24.3 Å². The summed E-state index contributed by atoms with van der Waals surface area (Å²) in [4.78, 5) is 8.29. The molecule has 0 aliphatic heterocycles. The molecule has 0 N–H and O–H groups in total. The Balaban J connectivity index is 2.61. The molecule has 14 heavy (non-hydrogen) atoms. The predicted octanol–water partition coefficient (Wildman–Crippen LogP) is 2.76. The molecule has 0 atom stereocenters. The Morgan fingerprint density at radius 3 is 2.50 bits per heavy atom. The number of rotatable bonds is 1. The van der Waals surface area contributed by atoms with Crippen LogP contribution in [-0.2, 0) is 0 Å². The average Bonchev–Trinajstić information content (AvgIpc) is 2.20. The summed E-state index contributed by atoms with van der Waals surface area (Å²) in [6, 6.07) is 8.25. The molecule has 0 fully saturated rings. The van der Waals surface area contributed by atoms with E-state index < -0.39 is 0 Å². The van der Waals surface area contributed by atoms with Crippen LogP contribution in [0, 0.1) is 13.8 Å². The minimum absolute atomic E-state index is 1.03. The SMILES string of the molecule is Cc1ccccc1-c1ncncc1C. The fourth-order valence-corrected chi connectivity index (χ4v) is 1.52. The molecule has 1 aromatic carbocycles. The van der Waals surface area contributed by atoms with Gasteiger partial charge in [0.05, 0.1) is 5.69 Å². The van der Waals surface area contributed by atoms with Crippen LogP contribution < -0.4 is 0 Å². The van der Waals surface area contributed by atoms with Crippen molar-refractivity contribution in [3.05, 3.63) is 47.9 Å². The highest BCUT2D eigenvalue weighted by Crippen LogP contribution is 2.22. The van der Waals surface area contributed by atoms with E-state index in [0.717, 1.165) is 11.3 Å². The molecular weight excluding hydrogens is 172 g/mol. The first kappa shape index (κ1) is 8.88. The fourth-order valence-electron chi connectivity index (χ4n) is 1.52. The van der Waals surface area contributed by atoms with Crippen LogP contribution in [0.25, 0.3) is 11.3 Å². The van der Waals surface area contributed by atoms with E-state index in [0.29, 0.717) is 0 Å². The summed E-state index contributed by atoms with van der Waals surface area (Å²) < 4.78 is 0. The maximum Gasteiger partial charge on any atom is 0.116 e. The first-order chi connectivity index (χ1) is 6.79. The van der Waals surface area contributed by atoms with Crippen molar-refractivity contribution in [1.82, 2.24) is 9.97 Å². The molecule has 0 bridgehead atoms. The zero-order valence-corrected chi connectivity index (χ0v) is 8.36. The van der Waals surface area contributed by atoms with E-state index in [1.54, 1.807) is 6.33 Å². The van der Waals surface area contributed by atoms with Crippen LogP contribution in [0.4, 0.5) is 0 Å². The van der Waals surface area contributed by atoms with Gasteiger partial charge in [0, 0.05) is 11.8 Å². The summed E-state index contributed by atoms with van der Waals surface area (Å²) in [7, 11) is 0. The summed E-state index contributed by atoms with van der Waals surface area (Å²) in [5.74, 6) is 0. The van der Waals surface area contributed by atoms with E-state index in [9.17, 15) is 0 Å². The molecule has 0 radical (unpaired) electrons. The molecule has 0 saturated carbocycles. The van der Waals surface area contributed by atoms with E-state index in [2.05, 4.69) is 29.0 Å². The summed E-state index contributed by atoms with van der Waals surface area (Å²) in [6.07, 6.45) is 3.43. The third kappa shape index (κ3) is 1.51. The normalized spacial score (nSPS) is 10.1. The van der Waals surface area contributed by atoms with Gasteiger partial charge >= 0.3 is 0 Å². The van der Waals surface area contributed by atoms with E-state index in [4.69, 9.17) is 0 Å². The van der Waals surface area contributed by atoms with Crippen LogP contribution in [0.2, 0.25) is 0 Å². The number of nitrogens with zero attached hydrogens (tertiary/aromatic N) is 2. The Labute approximate surface area is 83.7 Å². The van der Waals surface area contributed by atoms with Gasteiger partial charge in [-0.2, -0.15) is 0 Å². The number of hydrogen-bond acceptors (Lipinski definition) is 2. The molecule has 2 heteroatoms. The van der Waals surface area contributed by atoms with Gasteiger partial charge in [0.2, 0.25) is 0 Å². The van der Waals surface area contributed by atoms with E-state index >= 15 is 0 Å². The van der Waals surface area contributed by atoms with E-state index in [1.165, 1.54) is 11.1 Å². The topological polar surface area (TPSA) is 25.8 Å². The highest BCUT2D eigenvalue weighted by Gasteiger charge is 2.04. The van der Waals surface area contributed by atoms with Crippen molar-refractivity contribution in [1.29, 1.82) is 0 Å². The number of hydrogen-bond donors (Lipinski definition) is 0. The summed E-state index contributed by atoms with van der Waals surface area (Å²) in [5.41, 5.74) is 4.57. The molecule has 70 valence electrons. The molecule has 1 aromatic heterocycles. The van der Waals surface area contributed by atoms with Crippen molar-refractivity contribution in [3.63, 3.8) is 0 Å². The molecule has 0 amide bonds. The molecule has 0 aliphatic carbocycles. The Bertz CT molecular complexity index is 406. The minimum atomic E-state index is 1.03. The van der Waals surface area contributed by atoms with Crippen molar-refractivity contribution in [2.75, 3.05) is 0 Å². The highest BCUT2D eigenvalue weighted by molar-refractivity contribution is 5.65. The number of benzene rings is 1. The molecule has 0 aliphatic rings. The van der Waals surface area contributed by atoms with E-state index in [-0.39, 0.29) is 0 Å². The summed E-state index contributed by atoms with van der Waals surface area (Å²) in [5, 5.41) is 0. The minimum Gasteiger partial charge on any atom is -0.245 e. The van der Waals surface area contributed by atoms with Gasteiger partial charge in [-0.15, -0.1) is 0 Å². The number of aromatic nitrogens is 2. The molecule has 0 saturated heterocycles. The zero-order valence-electron chi connectivity index (χ0n) is 8.36. The van der Waals surface area contributed by atoms with Gasteiger partial charge in [-0.3, -0.25) is 0 Å². The second-order valence-electron chi connectivity index (χ2n) is 3.37. The average molecular weight is 184 g/mol. The molecule has 1 heterocycles. The maximum atomic E-state index is 4.30. The zero-order chi connectivity index (χ0) is 9.97. The maximum absolute atomic E-state index is 4.30. The third-order valence-electron chi connectivity index (χ3n) is 2.30. The Hall–Kier alpha value is -1.70. The molecule has 0 unspecified atom stereocenters. The van der Waals surface area contributed by atoms with Gasteiger partial charge in [0.15, 0.2) is 0 Å². The Kier molecular flexibility index (Phi) is 2.27. The lowest BCUT2D eigenvalue weighted by Gasteiger charge is -2.06. The summed E-state index contributed by atoms with van der Waals surface area (Å²) >= 11 is 0. The highest BCUT2D eigenvalue weighted by atomic mass is 14.8. The third-order valence-corrected chi connectivity index (χ3v) is 2.30. The van der Waals surface area contributed by atoms with Crippen LogP contribution in [0.3, 0.4) is 0 Å². The number of aryl methyl sites for hydroxylation is 2. The van der Waals surface area contributed by atoms with Crippen molar-refractivity contribution in [3.8, 4) is 11.3 Å². The molecule has 2 nitrogen and oxygen atoms in total. The fraction of sp³-hybridized carbons (Fsp3) is 0.167. The van der Waals surface area contributed by atoms with Crippen LogP contribution in [0.5, 0.6) is 0 Å². The standard InChI is InChI=1S/C12H12N2/c1-9-5-3-4-6-11(9)12-10(2)7-13-8-14-12/h3-8H,1-2H3. The molecular formula is C12H12N2. The molecule has 2 rings (SSSR count). The van der Waals surface area contributed by atoms with Crippen molar-refractivity contribution in [2.24, 2.45) is 0 Å². The first-order valence-corrected chi connectivity index (χ1v) is 4.61. The van der Waals surface area contributed by atoms with Crippen molar-refractivity contribution < 1.29 is 0 Å². The van der Waals surface area contributed by atoms with Gasteiger partial charge in [-0.05, 0) is 25.0 Å². The van der Waals surface area contributed by atoms with Crippen molar-refractivity contribution >= 4 is 0 Å². The lowest BCUT2D eigenvalue weighted by Crippen LogP contribution is -1.91. The lowest BCUT2D eigenvalue weighted by atomic mass is 10.0. The van der Waals surface area contributed by atoms with Crippen LogP contribution >= 0.6 is 0 Å².